The Morgan fingerprint density at radius 2 is 2.04 bits per heavy atom. The van der Waals surface area contributed by atoms with Gasteiger partial charge in [0.15, 0.2) is 0 Å². The number of hydrogen-bond acceptors (Lipinski definition) is 5. The Morgan fingerprint density at radius 1 is 1.16 bits per heavy atom. The first-order valence-corrected chi connectivity index (χ1v) is 9.26. The lowest BCUT2D eigenvalue weighted by molar-refractivity contribution is 0.938. The van der Waals surface area contributed by atoms with Gasteiger partial charge in [-0.1, -0.05) is 42.9 Å². The second kappa shape index (κ2) is 8.03. The molecule has 0 aliphatic carbocycles. The third-order valence-corrected chi connectivity index (χ3v) is 5.02. The molecule has 0 spiro atoms. The Bertz CT molecular complexity index is 869. The summed E-state index contributed by atoms with van der Waals surface area (Å²) in [5.74, 6) is 0. The largest absolute Gasteiger partial charge is 0.255 e. The maximum atomic E-state index is 4.77. The van der Waals surface area contributed by atoms with Crippen molar-refractivity contribution in [3.8, 4) is 11.3 Å². The van der Waals surface area contributed by atoms with Crippen molar-refractivity contribution < 1.29 is 0 Å². The number of hydrazone groups is 1. The van der Waals surface area contributed by atoms with Crippen LogP contribution in [-0.2, 0) is 6.42 Å². The highest BCUT2D eigenvalue weighted by Crippen LogP contribution is 2.33. The molecule has 128 valence electrons. The summed E-state index contributed by atoms with van der Waals surface area (Å²) in [6.45, 7) is 6.46. The highest BCUT2D eigenvalue weighted by Gasteiger charge is 2.13. The number of aryl methyl sites for hydroxylation is 3. The molecule has 2 heterocycles. The number of benzene rings is 1. The number of aromatic nitrogens is 2. The first-order chi connectivity index (χ1) is 12.2. The molecule has 0 aliphatic heterocycles. The molecule has 25 heavy (non-hydrogen) atoms. The Balaban J connectivity index is 1.84. The molecule has 3 aromatic rings. The van der Waals surface area contributed by atoms with Gasteiger partial charge in [-0.25, -0.2) is 4.98 Å². The van der Waals surface area contributed by atoms with Crippen LogP contribution in [0.4, 0.5) is 5.13 Å². The van der Waals surface area contributed by atoms with Crippen LogP contribution in [0.3, 0.4) is 0 Å². The van der Waals surface area contributed by atoms with E-state index in [0.29, 0.717) is 0 Å². The van der Waals surface area contributed by atoms with Gasteiger partial charge in [0.05, 0.1) is 17.6 Å². The summed E-state index contributed by atoms with van der Waals surface area (Å²) < 4.78 is 0. The van der Waals surface area contributed by atoms with Crippen molar-refractivity contribution in [3.63, 3.8) is 0 Å². The van der Waals surface area contributed by atoms with E-state index < -0.39 is 0 Å². The van der Waals surface area contributed by atoms with E-state index in [9.17, 15) is 0 Å². The second-order valence-corrected chi connectivity index (χ2v) is 7.05. The fourth-order valence-corrected chi connectivity index (χ4v) is 3.55. The Labute approximate surface area is 152 Å². The quantitative estimate of drug-likeness (QED) is 0.490. The predicted octanol–water partition coefficient (Wildman–Crippen LogP) is 5.22. The first-order valence-electron chi connectivity index (χ1n) is 8.45. The summed E-state index contributed by atoms with van der Waals surface area (Å²) in [5.41, 5.74) is 8.68. The molecule has 0 saturated heterocycles. The molecule has 1 aromatic carbocycles. The highest BCUT2D eigenvalue weighted by atomic mass is 32.1. The number of rotatable bonds is 6. The van der Waals surface area contributed by atoms with E-state index in [2.05, 4.69) is 54.5 Å². The Morgan fingerprint density at radius 3 is 2.76 bits per heavy atom. The standard InChI is InChI=1S/C20H22N4S/c1-4-7-18-19(16-10-9-14(2)15(3)12-16)23-20(25-18)24-22-13-17-8-5-6-11-21-17/h5-6,8-13H,4,7H2,1-3H3,(H,23,24)/b22-13+. The zero-order valence-electron chi connectivity index (χ0n) is 14.8. The predicted molar refractivity (Wildman–Crippen MR) is 106 cm³/mol. The lowest BCUT2D eigenvalue weighted by Crippen LogP contribution is -1.92. The topological polar surface area (TPSA) is 50.2 Å². The Kier molecular flexibility index (Phi) is 5.56. The van der Waals surface area contributed by atoms with Crippen molar-refractivity contribution in [2.45, 2.75) is 33.6 Å². The molecule has 0 radical (unpaired) electrons. The van der Waals surface area contributed by atoms with E-state index in [0.717, 1.165) is 29.4 Å². The number of anilines is 1. The summed E-state index contributed by atoms with van der Waals surface area (Å²) in [6, 6.07) is 12.3. The van der Waals surface area contributed by atoms with Gasteiger partial charge in [0.1, 0.15) is 0 Å². The average Bonchev–Trinajstić information content (AvgIpc) is 3.01. The summed E-state index contributed by atoms with van der Waals surface area (Å²) >= 11 is 1.67. The van der Waals surface area contributed by atoms with Crippen molar-refractivity contribution in [2.75, 3.05) is 5.43 Å². The molecule has 4 nitrogen and oxygen atoms in total. The van der Waals surface area contributed by atoms with Crippen LogP contribution in [0.5, 0.6) is 0 Å². The third-order valence-electron chi connectivity index (χ3n) is 4.00. The van der Waals surface area contributed by atoms with Crippen LogP contribution < -0.4 is 5.43 Å². The zero-order valence-corrected chi connectivity index (χ0v) is 15.6. The maximum absolute atomic E-state index is 4.77. The lowest BCUT2D eigenvalue weighted by atomic mass is 10.0. The molecule has 5 heteroatoms. The van der Waals surface area contributed by atoms with Crippen LogP contribution in [0.2, 0.25) is 0 Å². The smallest absolute Gasteiger partial charge is 0.204 e. The minimum absolute atomic E-state index is 0.809. The molecule has 0 atom stereocenters. The molecule has 0 saturated carbocycles. The van der Waals surface area contributed by atoms with Crippen LogP contribution in [0.25, 0.3) is 11.3 Å². The fourth-order valence-electron chi connectivity index (χ4n) is 2.52. The van der Waals surface area contributed by atoms with E-state index in [1.165, 1.54) is 21.6 Å². The first kappa shape index (κ1) is 17.3. The fraction of sp³-hybridized carbons (Fsp3) is 0.250. The van der Waals surface area contributed by atoms with Crippen LogP contribution in [0, 0.1) is 13.8 Å². The molecule has 0 fully saturated rings. The van der Waals surface area contributed by atoms with Gasteiger partial charge >= 0.3 is 0 Å². The number of hydrogen-bond donors (Lipinski definition) is 1. The monoisotopic (exact) mass is 350 g/mol. The number of nitrogens with one attached hydrogen (secondary N) is 1. The van der Waals surface area contributed by atoms with Gasteiger partial charge < -0.3 is 0 Å². The average molecular weight is 350 g/mol. The SMILES string of the molecule is CCCc1sc(N/N=C/c2ccccn2)nc1-c1ccc(C)c(C)c1. The summed E-state index contributed by atoms with van der Waals surface area (Å²) in [7, 11) is 0. The lowest BCUT2D eigenvalue weighted by Gasteiger charge is -2.05. The zero-order chi connectivity index (χ0) is 17.6. The number of pyridine rings is 1. The molecule has 0 bridgehead atoms. The van der Waals surface area contributed by atoms with Gasteiger partial charge in [-0.2, -0.15) is 5.10 Å². The minimum Gasteiger partial charge on any atom is -0.255 e. The van der Waals surface area contributed by atoms with Crippen molar-refractivity contribution in [1.29, 1.82) is 0 Å². The minimum atomic E-state index is 0.809. The third kappa shape index (κ3) is 4.31. The van der Waals surface area contributed by atoms with Crippen molar-refractivity contribution in [2.24, 2.45) is 5.10 Å². The highest BCUT2D eigenvalue weighted by molar-refractivity contribution is 7.16. The van der Waals surface area contributed by atoms with Gasteiger partial charge in [-0.15, -0.1) is 0 Å². The van der Waals surface area contributed by atoms with E-state index >= 15 is 0 Å². The van der Waals surface area contributed by atoms with Gasteiger partial charge in [0, 0.05) is 16.6 Å². The molecular weight excluding hydrogens is 328 g/mol. The van der Waals surface area contributed by atoms with E-state index in [4.69, 9.17) is 4.98 Å². The van der Waals surface area contributed by atoms with E-state index in [1.54, 1.807) is 23.7 Å². The molecule has 1 N–H and O–H groups in total. The molecule has 0 unspecified atom stereocenters. The van der Waals surface area contributed by atoms with Crippen molar-refractivity contribution in [3.05, 3.63) is 64.3 Å². The van der Waals surface area contributed by atoms with Crippen molar-refractivity contribution >= 4 is 22.7 Å². The van der Waals surface area contributed by atoms with Gasteiger partial charge in [0.2, 0.25) is 5.13 Å². The van der Waals surface area contributed by atoms with Gasteiger partial charge in [-0.05, 0) is 49.6 Å². The van der Waals surface area contributed by atoms with E-state index in [1.807, 2.05) is 18.2 Å². The van der Waals surface area contributed by atoms with E-state index in [-0.39, 0.29) is 0 Å². The number of nitrogens with zero attached hydrogens (tertiary/aromatic N) is 3. The second-order valence-electron chi connectivity index (χ2n) is 5.96. The maximum Gasteiger partial charge on any atom is 0.204 e. The van der Waals surface area contributed by atoms with Crippen molar-refractivity contribution in [1.82, 2.24) is 9.97 Å². The van der Waals surface area contributed by atoms with Gasteiger partial charge in [0.25, 0.3) is 0 Å². The molecule has 2 aromatic heterocycles. The van der Waals surface area contributed by atoms with Crippen LogP contribution >= 0.6 is 11.3 Å². The normalized spacial score (nSPS) is 11.2. The molecule has 3 rings (SSSR count). The Hall–Kier alpha value is -2.53. The molecule has 0 amide bonds. The number of thiazole rings is 1. The summed E-state index contributed by atoms with van der Waals surface area (Å²) in [5, 5.41) is 5.07. The van der Waals surface area contributed by atoms with Crippen LogP contribution in [-0.4, -0.2) is 16.2 Å². The molecule has 0 aliphatic rings. The molecular formula is C20H22N4S. The van der Waals surface area contributed by atoms with Crippen LogP contribution in [0.1, 0.15) is 35.0 Å². The van der Waals surface area contributed by atoms with Gasteiger partial charge in [-0.3, -0.25) is 10.4 Å². The van der Waals surface area contributed by atoms with Crippen LogP contribution in [0.15, 0.2) is 47.7 Å². The summed E-state index contributed by atoms with van der Waals surface area (Å²) in [6.07, 6.45) is 5.57. The summed E-state index contributed by atoms with van der Waals surface area (Å²) in [4.78, 5) is 10.3.